The fourth-order valence-corrected chi connectivity index (χ4v) is 4.34. The predicted molar refractivity (Wildman–Crippen MR) is 137 cm³/mol. The average Bonchev–Trinajstić information content (AvgIpc) is 3.31. The molecule has 11 heteroatoms. The monoisotopic (exact) mass is 519 g/mol. The number of pyridine rings is 1. The van der Waals surface area contributed by atoms with Gasteiger partial charge < -0.3 is 30.3 Å². The second-order valence-electron chi connectivity index (χ2n) is 9.42. The van der Waals surface area contributed by atoms with Gasteiger partial charge in [0.25, 0.3) is 0 Å². The van der Waals surface area contributed by atoms with Crippen LogP contribution >= 0.6 is 0 Å². The van der Waals surface area contributed by atoms with Gasteiger partial charge in [0.2, 0.25) is 0 Å². The number of hydrogen-bond donors (Lipinski definition) is 3. The Morgan fingerprint density at radius 2 is 1.97 bits per heavy atom. The Hall–Kier alpha value is -3.31. The van der Waals surface area contributed by atoms with Crippen LogP contribution in [0.5, 0.6) is 0 Å². The number of urea groups is 1. The van der Waals surface area contributed by atoms with E-state index in [0.717, 1.165) is 22.5 Å². The molecule has 1 unspecified atom stereocenters. The van der Waals surface area contributed by atoms with Crippen molar-refractivity contribution in [2.75, 3.05) is 61.5 Å². The van der Waals surface area contributed by atoms with Crippen molar-refractivity contribution < 1.29 is 27.8 Å². The van der Waals surface area contributed by atoms with Crippen molar-refractivity contribution in [3.63, 3.8) is 0 Å². The molecule has 0 bridgehead atoms. The summed E-state index contributed by atoms with van der Waals surface area (Å²) < 4.78 is 43.6. The number of aromatic nitrogens is 1. The van der Waals surface area contributed by atoms with E-state index in [9.17, 15) is 23.1 Å². The molecule has 3 heterocycles. The van der Waals surface area contributed by atoms with Crippen LogP contribution in [0.2, 0.25) is 0 Å². The lowest BCUT2D eigenvalue weighted by Crippen LogP contribution is -2.36. The Morgan fingerprint density at radius 3 is 2.68 bits per heavy atom. The minimum Gasteiger partial charge on any atom is -0.392 e. The summed E-state index contributed by atoms with van der Waals surface area (Å²) in [6, 6.07) is 8.94. The minimum atomic E-state index is -4.29. The van der Waals surface area contributed by atoms with Crippen molar-refractivity contribution in [2.45, 2.75) is 32.5 Å². The molecule has 37 heavy (non-hydrogen) atoms. The molecule has 0 saturated carbocycles. The molecule has 4 rings (SSSR count). The summed E-state index contributed by atoms with van der Waals surface area (Å²) in [5, 5.41) is 15.7. The number of hydrogen-bond acceptors (Lipinski definition) is 6. The highest BCUT2D eigenvalue weighted by Crippen LogP contribution is 2.32. The van der Waals surface area contributed by atoms with Gasteiger partial charge in [-0.25, -0.2) is 9.78 Å². The molecular weight excluding hydrogens is 487 g/mol. The molecule has 1 aromatic carbocycles. The molecule has 8 nitrogen and oxygen atoms in total. The van der Waals surface area contributed by atoms with E-state index in [1.807, 2.05) is 31.2 Å². The fraction of sp³-hybridized carbons (Fsp3) is 0.462. The molecule has 1 saturated heterocycles. The number of carbonyl (C=O) groups is 1. The Bertz CT molecular complexity index is 1150. The van der Waals surface area contributed by atoms with E-state index in [0.29, 0.717) is 44.4 Å². The van der Waals surface area contributed by atoms with Crippen molar-refractivity contribution in [1.29, 1.82) is 0 Å². The number of amides is 2. The topological polar surface area (TPSA) is 90.0 Å². The van der Waals surface area contributed by atoms with E-state index in [1.165, 1.54) is 11.0 Å². The summed E-state index contributed by atoms with van der Waals surface area (Å²) >= 11 is 0. The number of morpholine rings is 1. The molecule has 1 fully saturated rings. The molecule has 1 atom stereocenters. The Kier molecular flexibility index (Phi) is 8.23. The van der Waals surface area contributed by atoms with Gasteiger partial charge in [0.05, 0.1) is 25.7 Å². The first-order chi connectivity index (χ1) is 17.6. The maximum Gasteiger partial charge on any atom is 0.392 e. The third-order valence-electron chi connectivity index (χ3n) is 6.23. The first-order valence-electron chi connectivity index (χ1n) is 12.3. The number of carbonyl (C=O) groups excluding carboxylic acids is 1. The van der Waals surface area contributed by atoms with Crippen LogP contribution in [-0.4, -0.2) is 79.2 Å². The van der Waals surface area contributed by atoms with Crippen molar-refractivity contribution in [2.24, 2.45) is 0 Å². The second-order valence-corrected chi connectivity index (χ2v) is 9.42. The summed E-state index contributed by atoms with van der Waals surface area (Å²) in [7, 11) is 0. The normalized spacial score (nSPS) is 17.0. The molecule has 2 amide bonds. The molecule has 0 aliphatic carbocycles. The molecule has 1 aromatic heterocycles. The highest BCUT2D eigenvalue weighted by atomic mass is 19.4. The molecule has 3 N–H and O–H groups in total. The molecule has 0 radical (unpaired) electrons. The summed E-state index contributed by atoms with van der Waals surface area (Å²) in [4.78, 5) is 21.0. The zero-order valence-electron chi connectivity index (χ0n) is 20.9. The number of aliphatic hydroxyl groups is 1. The molecule has 2 aromatic rings. The standard InChI is InChI=1S/C26H32F3N5O3/c1-17-3-4-21(31-25(36)34-6-5-19(16-34)14-26(27,28)29)13-22(17)20-11-23(30-15-18(2)35)32-24(12-20)33-7-9-37-10-8-33/h3-5,11-13,18,35H,6-10,14-16H2,1-2H3,(H,30,32)(H,31,36). The third kappa shape index (κ3) is 7.36. The van der Waals surface area contributed by atoms with Crippen molar-refractivity contribution >= 4 is 23.4 Å². The fourth-order valence-electron chi connectivity index (χ4n) is 4.34. The van der Waals surface area contributed by atoms with Gasteiger partial charge in [-0.05, 0) is 60.4 Å². The van der Waals surface area contributed by atoms with Crippen LogP contribution in [0, 0.1) is 6.92 Å². The van der Waals surface area contributed by atoms with Gasteiger partial charge in [0, 0.05) is 38.4 Å². The van der Waals surface area contributed by atoms with Crippen LogP contribution < -0.4 is 15.5 Å². The first kappa shape index (κ1) is 26.7. The molecule has 2 aliphatic rings. The number of nitrogens with zero attached hydrogens (tertiary/aromatic N) is 3. The number of anilines is 3. The largest absolute Gasteiger partial charge is 0.392 e. The number of aryl methyl sites for hydroxylation is 1. The van der Waals surface area contributed by atoms with Crippen molar-refractivity contribution in [1.82, 2.24) is 9.88 Å². The van der Waals surface area contributed by atoms with Crippen LogP contribution in [0.15, 0.2) is 42.0 Å². The average molecular weight is 520 g/mol. The Balaban J connectivity index is 1.54. The number of aliphatic hydroxyl groups excluding tert-OH is 1. The third-order valence-corrected chi connectivity index (χ3v) is 6.23. The lowest BCUT2D eigenvalue weighted by atomic mass is 10.00. The van der Waals surface area contributed by atoms with E-state index in [-0.39, 0.29) is 18.7 Å². The summed E-state index contributed by atoms with van der Waals surface area (Å²) in [5.41, 5.74) is 3.48. The maximum absolute atomic E-state index is 12.8. The van der Waals surface area contributed by atoms with Gasteiger partial charge in [-0.1, -0.05) is 12.1 Å². The van der Waals surface area contributed by atoms with Crippen LogP contribution in [-0.2, 0) is 4.74 Å². The van der Waals surface area contributed by atoms with E-state index in [4.69, 9.17) is 9.72 Å². The van der Waals surface area contributed by atoms with Gasteiger partial charge in [-0.3, -0.25) is 0 Å². The molecule has 200 valence electrons. The van der Waals surface area contributed by atoms with Gasteiger partial charge >= 0.3 is 12.2 Å². The lowest BCUT2D eigenvalue weighted by Gasteiger charge is -2.28. The number of nitrogens with one attached hydrogen (secondary N) is 2. The van der Waals surface area contributed by atoms with E-state index >= 15 is 0 Å². The van der Waals surface area contributed by atoms with E-state index < -0.39 is 24.7 Å². The predicted octanol–water partition coefficient (Wildman–Crippen LogP) is 4.41. The van der Waals surface area contributed by atoms with E-state index in [1.54, 1.807) is 13.0 Å². The van der Waals surface area contributed by atoms with E-state index in [2.05, 4.69) is 15.5 Å². The molecular formula is C26H32F3N5O3. The Labute approximate surface area is 214 Å². The van der Waals surface area contributed by atoms with Crippen LogP contribution in [0.4, 0.5) is 35.3 Å². The van der Waals surface area contributed by atoms with Gasteiger partial charge in [-0.15, -0.1) is 0 Å². The maximum atomic E-state index is 12.8. The SMILES string of the molecule is Cc1ccc(NC(=O)N2CC=C(CC(F)(F)F)C2)cc1-c1cc(NCC(C)O)nc(N2CCOCC2)c1. The summed E-state index contributed by atoms with van der Waals surface area (Å²) in [6.07, 6.45) is -4.39. The number of halogens is 3. The lowest BCUT2D eigenvalue weighted by molar-refractivity contribution is -0.127. The van der Waals surface area contributed by atoms with Crippen molar-refractivity contribution in [3.8, 4) is 11.1 Å². The second kappa shape index (κ2) is 11.4. The zero-order valence-corrected chi connectivity index (χ0v) is 20.9. The number of alkyl halides is 3. The quantitative estimate of drug-likeness (QED) is 0.470. The highest BCUT2D eigenvalue weighted by molar-refractivity contribution is 5.91. The number of rotatable bonds is 7. The van der Waals surface area contributed by atoms with Crippen LogP contribution in [0.1, 0.15) is 18.9 Å². The van der Waals surface area contributed by atoms with Crippen LogP contribution in [0.3, 0.4) is 0 Å². The smallest absolute Gasteiger partial charge is 0.392 e. The van der Waals surface area contributed by atoms with Gasteiger partial charge in [-0.2, -0.15) is 13.2 Å². The zero-order chi connectivity index (χ0) is 26.6. The molecule has 0 spiro atoms. The first-order valence-corrected chi connectivity index (χ1v) is 12.3. The molecule has 2 aliphatic heterocycles. The summed E-state index contributed by atoms with van der Waals surface area (Å²) in [6.45, 7) is 6.73. The van der Waals surface area contributed by atoms with Gasteiger partial charge in [0.1, 0.15) is 11.6 Å². The number of ether oxygens (including phenoxy) is 1. The summed E-state index contributed by atoms with van der Waals surface area (Å²) in [5.74, 6) is 1.40. The highest BCUT2D eigenvalue weighted by Gasteiger charge is 2.32. The van der Waals surface area contributed by atoms with Gasteiger partial charge in [0.15, 0.2) is 0 Å². The van der Waals surface area contributed by atoms with Crippen molar-refractivity contribution in [3.05, 3.63) is 47.5 Å². The number of benzene rings is 1. The van der Waals surface area contributed by atoms with Crippen LogP contribution in [0.25, 0.3) is 11.1 Å². The Morgan fingerprint density at radius 1 is 1.22 bits per heavy atom. The minimum absolute atomic E-state index is 0.0460.